The Balaban J connectivity index is 1.05. The van der Waals surface area contributed by atoms with E-state index in [4.69, 9.17) is 9.47 Å². The quantitative estimate of drug-likeness (QED) is 0.103. The summed E-state index contributed by atoms with van der Waals surface area (Å²) in [5, 5.41) is 2.72. The second kappa shape index (κ2) is 19.3. The van der Waals surface area contributed by atoms with E-state index in [1.54, 1.807) is 37.4 Å². The second-order valence-corrected chi connectivity index (χ2v) is 17.1. The molecule has 1 N–H and O–H groups in total. The molecular weight excluding hydrogens is 787 g/mol. The normalized spacial score (nSPS) is 14.2. The van der Waals surface area contributed by atoms with Gasteiger partial charge in [-0.2, -0.15) is 0 Å². The number of likely N-dealkylation sites (N-methyl/N-ethyl adjacent to an activating group) is 1. The third-order valence-corrected chi connectivity index (χ3v) is 12.6. The molecule has 0 radical (unpaired) electrons. The van der Waals surface area contributed by atoms with Crippen LogP contribution in [0, 0.1) is 6.92 Å². The fourth-order valence-electron chi connectivity index (χ4n) is 7.28. The highest BCUT2D eigenvalue weighted by molar-refractivity contribution is 7.91. The van der Waals surface area contributed by atoms with Gasteiger partial charge in [0.15, 0.2) is 9.84 Å². The number of anilines is 2. The number of rotatable bonds is 17. The summed E-state index contributed by atoms with van der Waals surface area (Å²) in [5.41, 5.74) is 2.46. The fourth-order valence-corrected chi connectivity index (χ4v) is 8.79. The Bertz CT molecular complexity index is 2340. The number of hydrogen-bond donors (Lipinski definition) is 1. The summed E-state index contributed by atoms with van der Waals surface area (Å²) in [7, 11) is 1.06. The van der Waals surface area contributed by atoms with Gasteiger partial charge in [-0.15, -0.1) is 0 Å². The van der Waals surface area contributed by atoms with Gasteiger partial charge in [0, 0.05) is 51.8 Å². The van der Waals surface area contributed by atoms with Crippen LogP contribution in [0.1, 0.15) is 79.1 Å². The van der Waals surface area contributed by atoms with E-state index >= 15 is 0 Å². The van der Waals surface area contributed by atoms with Crippen LogP contribution >= 0.6 is 0 Å². The minimum absolute atomic E-state index is 0.0293. The van der Waals surface area contributed by atoms with Gasteiger partial charge in [0.05, 0.1) is 52.4 Å². The zero-order valence-electron chi connectivity index (χ0n) is 34.4. The van der Waals surface area contributed by atoms with E-state index in [2.05, 4.69) is 17.3 Å². The number of benzene rings is 4. The van der Waals surface area contributed by atoms with E-state index in [1.165, 1.54) is 48.4 Å². The molecule has 0 aromatic heterocycles. The van der Waals surface area contributed by atoms with Gasteiger partial charge in [-0.1, -0.05) is 30.3 Å². The molecule has 2 aliphatic rings. The van der Waals surface area contributed by atoms with Gasteiger partial charge in [-0.05, 0) is 99.8 Å². The van der Waals surface area contributed by atoms with Gasteiger partial charge < -0.3 is 29.5 Å². The van der Waals surface area contributed by atoms with Crippen LogP contribution in [-0.4, -0.2) is 119 Å². The van der Waals surface area contributed by atoms with Crippen molar-refractivity contribution in [1.29, 1.82) is 0 Å². The monoisotopic (exact) mass is 837 g/mol. The lowest BCUT2D eigenvalue weighted by Crippen LogP contribution is -2.47. The van der Waals surface area contributed by atoms with Crippen LogP contribution in [0.5, 0.6) is 11.5 Å². The number of amides is 5. The fraction of sp³-hybridized carbons (Fsp3) is 0.356. The Morgan fingerprint density at radius 2 is 1.48 bits per heavy atom. The molecule has 2 heterocycles. The smallest absolute Gasteiger partial charge is 0.261 e. The van der Waals surface area contributed by atoms with Crippen LogP contribution in [0.3, 0.4) is 0 Å². The molecule has 0 bridgehead atoms. The third kappa shape index (κ3) is 10.0. The van der Waals surface area contributed by atoms with E-state index in [-0.39, 0.29) is 63.4 Å². The Morgan fingerprint density at radius 1 is 0.800 bits per heavy atom. The topological polar surface area (TPSA) is 163 Å². The number of imide groups is 1. The number of carbonyl (C=O) groups excluding carboxylic acids is 5. The van der Waals surface area contributed by atoms with Crippen LogP contribution in [0.2, 0.25) is 0 Å². The molecule has 0 aliphatic carbocycles. The summed E-state index contributed by atoms with van der Waals surface area (Å²) in [6.45, 7) is 5.60. The van der Waals surface area contributed by atoms with Crippen LogP contribution in [0.4, 0.5) is 11.4 Å². The molecular formula is C45H51N5O9S. The summed E-state index contributed by atoms with van der Waals surface area (Å²) in [6, 6.07) is 22.4. The van der Waals surface area contributed by atoms with Crippen LogP contribution in [0.25, 0.3) is 0 Å². The maximum Gasteiger partial charge on any atom is 0.261 e. The summed E-state index contributed by atoms with van der Waals surface area (Å²) >= 11 is 0. The summed E-state index contributed by atoms with van der Waals surface area (Å²) in [5.74, 6) is -1.51. The molecule has 15 heteroatoms. The minimum Gasteiger partial charge on any atom is -0.495 e. The van der Waals surface area contributed by atoms with Gasteiger partial charge in [0.25, 0.3) is 23.6 Å². The van der Waals surface area contributed by atoms with Crippen molar-refractivity contribution in [2.45, 2.75) is 43.9 Å². The average molecular weight is 838 g/mol. The van der Waals surface area contributed by atoms with Crippen molar-refractivity contribution in [3.05, 3.63) is 113 Å². The predicted molar refractivity (Wildman–Crippen MR) is 228 cm³/mol. The number of hydrogen-bond acceptors (Lipinski definition) is 10. The van der Waals surface area contributed by atoms with Crippen LogP contribution in [-0.2, 0) is 14.6 Å². The van der Waals surface area contributed by atoms with Crippen molar-refractivity contribution in [3.8, 4) is 11.5 Å². The number of methoxy groups -OCH3 is 1. The minimum atomic E-state index is -4.03. The summed E-state index contributed by atoms with van der Waals surface area (Å²) < 4.78 is 38.8. The van der Waals surface area contributed by atoms with Crippen molar-refractivity contribution in [2.24, 2.45) is 0 Å². The highest BCUT2D eigenvalue weighted by Crippen LogP contribution is 2.33. The first-order valence-corrected chi connectivity index (χ1v) is 21.7. The average Bonchev–Trinajstić information content (AvgIpc) is 3.49. The van der Waals surface area contributed by atoms with Crippen molar-refractivity contribution in [1.82, 2.24) is 14.7 Å². The number of carbonyl (C=O) groups is 5. The number of nitrogens with zero attached hydrogens (tertiary/aromatic N) is 4. The maximum absolute atomic E-state index is 13.8. The third-order valence-electron chi connectivity index (χ3n) is 10.8. The number of fused-ring (bicyclic) bond motifs is 1. The number of sulfone groups is 1. The molecule has 0 atom stereocenters. The molecule has 0 spiro atoms. The molecule has 4 aromatic rings. The molecule has 5 amide bonds. The first kappa shape index (κ1) is 43.5. The molecule has 6 rings (SSSR count). The first-order valence-electron chi connectivity index (χ1n) is 20.0. The molecule has 316 valence electrons. The number of unbranched alkanes of at least 4 members (excludes halogenated alkanes) is 2. The van der Waals surface area contributed by atoms with Gasteiger partial charge in [-0.3, -0.25) is 28.9 Å². The van der Waals surface area contributed by atoms with Crippen LogP contribution < -0.4 is 19.7 Å². The van der Waals surface area contributed by atoms with Crippen LogP contribution in [0.15, 0.2) is 89.8 Å². The van der Waals surface area contributed by atoms with Gasteiger partial charge >= 0.3 is 0 Å². The highest BCUT2D eigenvalue weighted by atomic mass is 32.2. The van der Waals surface area contributed by atoms with E-state index in [1.807, 2.05) is 30.0 Å². The lowest BCUT2D eigenvalue weighted by molar-refractivity contribution is -0.132. The molecule has 1 saturated heterocycles. The molecule has 0 unspecified atom stereocenters. The molecule has 2 aliphatic heterocycles. The first-order chi connectivity index (χ1) is 28.8. The van der Waals surface area contributed by atoms with Crippen molar-refractivity contribution in [3.63, 3.8) is 0 Å². The van der Waals surface area contributed by atoms with Gasteiger partial charge in [-0.25, -0.2) is 8.42 Å². The van der Waals surface area contributed by atoms with Gasteiger partial charge in [0.1, 0.15) is 11.5 Å². The maximum atomic E-state index is 13.8. The zero-order valence-corrected chi connectivity index (χ0v) is 35.3. The Morgan fingerprint density at radius 3 is 2.18 bits per heavy atom. The Kier molecular flexibility index (Phi) is 14.0. The Hall–Kier alpha value is -6.06. The predicted octanol–water partition coefficient (Wildman–Crippen LogP) is 5.71. The van der Waals surface area contributed by atoms with E-state index in [0.717, 1.165) is 55.9 Å². The largest absolute Gasteiger partial charge is 0.495 e. The molecule has 60 heavy (non-hydrogen) atoms. The number of piperazine rings is 1. The molecule has 0 saturated carbocycles. The Labute approximate surface area is 351 Å². The second-order valence-electron chi connectivity index (χ2n) is 15.0. The molecule has 4 aromatic carbocycles. The van der Waals surface area contributed by atoms with E-state index in [0.29, 0.717) is 24.5 Å². The van der Waals surface area contributed by atoms with Gasteiger partial charge in [0.2, 0.25) is 5.91 Å². The van der Waals surface area contributed by atoms with Crippen molar-refractivity contribution in [2.75, 3.05) is 76.5 Å². The number of ether oxygens (including phenoxy) is 2. The highest BCUT2D eigenvalue weighted by Gasteiger charge is 2.35. The lowest BCUT2D eigenvalue weighted by atomic mass is 10.1. The van der Waals surface area contributed by atoms with E-state index in [9.17, 15) is 32.4 Å². The van der Waals surface area contributed by atoms with Crippen molar-refractivity contribution < 1.29 is 41.9 Å². The molecule has 14 nitrogen and oxygen atoms in total. The number of aryl methyl sites for hydroxylation is 1. The zero-order chi connectivity index (χ0) is 43.0. The molecule has 1 fully saturated rings. The SMILES string of the molecule is COc1cc(C(=O)N(C)c2ccc(C)cc2OCCCCCC(=O)N2CCN(C)CC2)ccc1NC(=O)c1ccccc1S(=O)(=O)CCCN1C(=O)c2ccccc2C1=O. The van der Waals surface area contributed by atoms with Crippen molar-refractivity contribution >= 4 is 50.7 Å². The summed E-state index contributed by atoms with van der Waals surface area (Å²) in [6.07, 6.45) is 2.85. The lowest BCUT2D eigenvalue weighted by Gasteiger charge is -2.32. The standard InChI is InChI=1S/C45H51N5O9S/c1-31-18-21-37(39(29-31)59-27-11-5-6-17-41(51)49-25-23-47(2)24-26-49)48(3)43(53)32-19-20-36(38(30-32)58-4)46-42(52)35-15-9-10-16-40(35)60(56,57)28-12-22-50-44(54)33-13-7-8-14-34(33)45(50)55/h7-10,13-16,18-21,29-30H,5-6,11-12,17,22-28H2,1-4H3,(H,46,52). The summed E-state index contributed by atoms with van der Waals surface area (Å²) in [4.78, 5) is 72.0. The number of nitrogens with one attached hydrogen (secondary N) is 1. The van der Waals surface area contributed by atoms with E-state index < -0.39 is 33.3 Å².